The molecule has 2 aromatic rings. The summed E-state index contributed by atoms with van der Waals surface area (Å²) in [5.74, 6) is -0.121. The summed E-state index contributed by atoms with van der Waals surface area (Å²) in [6, 6.07) is 9.93. The minimum absolute atomic E-state index is 0.140. The van der Waals surface area contributed by atoms with Crippen molar-refractivity contribution in [3.63, 3.8) is 0 Å². The molecule has 2 heterocycles. The summed E-state index contributed by atoms with van der Waals surface area (Å²) in [7, 11) is 2.87. The van der Waals surface area contributed by atoms with Gasteiger partial charge in [-0.2, -0.15) is 0 Å². The average Bonchev–Trinajstić information content (AvgIpc) is 2.81. The number of ether oxygens (including phenoxy) is 3. The predicted octanol–water partition coefficient (Wildman–Crippen LogP) is 3.33. The lowest BCUT2D eigenvalue weighted by Gasteiger charge is -2.45. The van der Waals surface area contributed by atoms with Crippen LogP contribution in [0.3, 0.4) is 0 Å². The molecule has 1 saturated heterocycles. The molecule has 2 aliphatic heterocycles. The van der Waals surface area contributed by atoms with Crippen molar-refractivity contribution in [1.29, 1.82) is 0 Å². The number of methoxy groups -OCH3 is 2. The van der Waals surface area contributed by atoms with Gasteiger partial charge in [0.2, 0.25) is 0 Å². The highest BCUT2D eigenvalue weighted by Crippen LogP contribution is 2.48. The Hall–Kier alpha value is -2.91. The minimum Gasteiger partial charge on any atom is -0.507 e. The molecule has 1 fully saturated rings. The van der Waals surface area contributed by atoms with Crippen molar-refractivity contribution in [3.8, 4) is 11.5 Å². The van der Waals surface area contributed by atoms with Crippen LogP contribution in [-0.4, -0.2) is 58.9 Å². The van der Waals surface area contributed by atoms with Crippen molar-refractivity contribution in [2.24, 2.45) is 0 Å². The number of rotatable bonds is 5. The van der Waals surface area contributed by atoms with Gasteiger partial charge in [0.25, 0.3) is 5.91 Å². The number of phenols is 1. The maximum absolute atomic E-state index is 12.8. The molecular weight excluding hydrogens is 450 g/mol. The van der Waals surface area contributed by atoms with Crippen molar-refractivity contribution < 1.29 is 34.3 Å². The fraction of sp³-hybridized carbons (Fsp3) is 0.444. The van der Waals surface area contributed by atoms with Crippen LogP contribution >= 0.6 is 0 Å². The molecule has 0 spiro atoms. The number of carbonyl (C=O) groups excluding carboxylic acids is 1. The van der Waals surface area contributed by atoms with Crippen LogP contribution in [0.5, 0.6) is 11.5 Å². The molecule has 0 bridgehead atoms. The fourth-order valence-corrected chi connectivity index (χ4v) is 5.04. The smallest absolute Gasteiger partial charge is 0.257 e. The number of anilines is 1. The van der Waals surface area contributed by atoms with Gasteiger partial charge in [0.05, 0.1) is 35.7 Å². The SMILES string of the molecule is COc1ccc([C@@]2(O)c3c(ccc(/C=C/[C@]4(C)CC[C@H](O)C(C)(C)O4)c3O)NC(=O)[C@@H]2OC)cc1. The van der Waals surface area contributed by atoms with E-state index in [1.165, 1.54) is 14.2 Å². The van der Waals surface area contributed by atoms with Crippen molar-refractivity contribution >= 4 is 17.7 Å². The van der Waals surface area contributed by atoms with E-state index < -0.39 is 34.9 Å². The molecule has 2 aromatic carbocycles. The van der Waals surface area contributed by atoms with E-state index in [1.54, 1.807) is 42.5 Å². The van der Waals surface area contributed by atoms with Crippen molar-refractivity contribution in [3.05, 3.63) is 59.2 Å². The van der Waals surface area contributed by atoms with Gasteiger partial charge in [-0.05, 0) is 63.4 Å². The van der Waals surface area contributed by atoms with Gasteiger partial charge >= 0.3 is 0 Å². The maximum atomic E-state index is 12.8. The number of benzene rings is 2. The number of aliphatic hydroxyl groups is 2. The summed E-state index contributed by atoms with van der Waals surface area (Å²) in [6.45, 7) is 5.63. The van der Waals surface area contributed by atoms with Crippen LogP contribution in [0.4, 0.5) is 5.69 Å². The summed E-state index contributed by atoms with van der Waals surface area (Å²) in [6.07, 6.45) is 2.92. The number of amides is 1. The summed E-state index contributed by atoms with van der Waals surface area (Å²) < 4.78 is 16.8. The van der Waals surface area contributed by atoms with Gasteiger partial charge < -0.3 is 34.8 Å². The number of aromatic hydroxyl groups is 1. The number of nitrogens with one attached hydrogen (secondary N) is 1. The van der Waals surface area contributed by atoms with Crippen molar-refractivity contribution in [2.45, 2.75) is 62.6 Å². The summed E-state index contributed by atoms with van der Waals surface area (Å²) in [4.78, 5) is 12.8. The molecular formula is C27H33NO7. The third-order valence-electron chi connectivity index (χ3n) is 7.06. The Morgan fingerprint density at radius 1 is 1.11 bits per heavy atom. The monoisotopic (exact) mass is 483 g/mol. The minimum atomic E-state index is -1.95. The van der Waals surface area contributed by atoms with Gasteiger partial charge in [-0.25, -0.2) is 0 Å². The largest absolute Gasteiger partial charge is 0.507 e. The average molecular weight is 484 g/mol. The Kier molecular flexibility index (Phi) is 6.44. The molecule has 0 saturated carbocycles. The molecule has 8 nitrogen and oxygen atoms in total. The van der Waals surface area contributed by atoms with E-state index >= 15 is 0 Å². The third kappa shape index (κ3) is 4.31. The van der Waals surface area contributed by atoms with Gasteiger partial charge in [0.15, 0.2) is 11.7 Å². The Bertz CT molecular complexity index is 1140. The van der Waals surface area contributed by atoms with E-state index in [0.717, 1.165) is 0 Å². The molecule has 2 aliphatic rings. The first kappa shape index (κ1) is 25.2. The van der Waals surface area contributed by atoms with E-state index in [-0.39, 0.29) is 11.3 Å². The second kappa shape index (κ2) is 8.95. The topological polar surface area (TPSA) is 117 Å². The van der Waals surface area contributed by atoms with Crippen LogP contribution in [0.15, 0.2) is 42.5 Å². The van der Waals surface area contributed by atoms with Crippen LogP contribution in [0, 0.1) is 0 Å². The molecule has 0 radical (unpaired) electrons. The van der Waals surface area contributed by atoms with Gasteiger partial charge in [-0.1, -0.05) is 24.3 Å². The molecule has 4 N–H and O–H groups in total. The molecule has 0 unspecified atom stereocenters. The quantitative estimate of drug-likeness (QED) is 0.515. The van der Waals surface area contributed by atoms with Crippen LogP contribution in [0.25, 0.3) is 6.08 Å². The molecule has 0 aliphatic carbocycles. The molecule has 4 atom stereocenters. The summed E-state index contributed by atoms with van der Waals surface area (Å²) in [5, 5.41) is 36.3. The Balaban J connectivity index is 1.80. The van der Waals surface area contributed by atoms with Gasteiger partial charge in [0.1, 0.15) is 11.5 Å². The molecule has 188 valence electrons. The molecule has 8 heteroatoms. The third-order valence-corrected chi connectivity index (χ3v) is 7.06. The second-order valence-corrected chi connectivity index (χ2v) is 9.93. The number of fused-ring (bicyclic) bond motifs is 1. The van der Waals surface area contributed by atoms with Gasteiger partial charge in [-0.15, -0.1) is 0 Å². The molecule has 4 rings (SSSR count). The summed E-state index contributed by atoms with van der Waals surface area (Å²) in [5.41, 5.74) is -2.07. The molecule has 1 amide bonds. The van der Waals surface area contributed by atoms with Gasteiger partial charge in [0, 0.05) is 12.7 Å². The highest BCUT2D eigenvalue weighted by Gasteiger charge is 2.51. The van der Waals surface area contributed by atoms with Crippen LogP contribution in [-0.2, 0) is 19.9 Å². The summed E-state index contributed by atoms with van der Waals surface area (Å²) >= 11 is 0. The van der Waals surface area contributed by atoms with Crippen molar-refractivity contribution in [1.82, 2.24) is 0 Å². The fourth-order valence-electron chi connectivity index (χ4n) is 5.04. The number of hydrogen-bond donors (Lipinski definition) is 4. The number of phenolic OH excluding ortho intramolecular Hbond substituents is 1. The van der Waals surface area contributed by atoms with E-state index in [0.29, 0.717) is 35.4 Å². The number of hydrogen-bond acceptors (Lipinski definition) is 7. The van der Waals surface area contributed by atoms with E-state index in [4.69, 9.17) is 14.2 Å². The lowest BCUT2D eigenvalue weighted by molar-refractivity contribution is -0.195. The van der Waals surface area contributed by atoms with E-state index in [1.807, 2.05) is 26.8 Å². The first-order valence-corrected chi connectivity index (χ1v) is 11.6. The van der Waals surface area contributed by atoms with E-state index in [9.17, 15) is 20.1 Å². The zero-order chi connectivity index (χ0) is 25.6. The first-order valence-electron chi connectivity index (χ1n) is 11.6. The Morgan fingerprint density at radius 2 is 1.80 bits per heavy atom. The standard InChI is InChI=1S/C27H33NO7/c1-25(2)20(29)13-15-26(3,35-25)14-12-16-6-11-19-21(22(16)30)27(32,23(34-5)24(31)28-19)17-7-9-18(33-4)10-8-17/h6-12,14,20,23,29-30,32H,13,15H2,1-5H3,(H,28,31)/b14-12+/t20-,23-,26+,27+/m0/s1. The molecule has 0 aromatic heterocycles. The predicted molar refractivity (Wildman–Crippen MR) is 131 cm³/mol. The highest BCUT2D eigenvalue weighted by molar-refractivity contribution is 6.00. The number of carbonyl (C=O) groups is 1. The lowest BCUT2D eigenvalue weighted by Crippen LogP contribution is -2.52. The van der Waals surface area contributed by atoms with Crippen molar-refractivity contribution in [2.75, 3.05) is 19.5 Å². The van der Waals surface area contributed by atoms with Crippen LogP contribution < -0.4 is 10.1 Å². The van der Waals surface area contributed by atoms with Crippen LogP contribution in [0.1, 0.15) is 50.3 Å². The van der Waals surface area contributed by atoms with E-state index in [2.05, 4.69) is 5.32 Å². The lowest BCUT2D eigenvalue weighted by atomic mass is 9.76. The Labute approximate surface area is 205 Å². The maximum Gasteiger partial charge on any atom is 0.257 e. The first-order chi connectivity index (χ1) is 16.4. The highest BCUT2D eigenvalue weighted by atomic mass is 16.5. The van der Waals surface area contributed by atoms with Crippen LogP contribution in [0.2, 0.25) is 0 Å². The van der Waals surface area contributed by atoms with Gasteiger partial charge in [-0.3, -0.25) is 4.79 Å². The Morgan fingerprint density at radius 3 is 2.40 bits per heavy atom. The molecule has 35 heavy (non-hydrogen) atoms. The number of aliphatic hydroxyl groups excluding tert-OH is 1. The zero-order valence-corrected chi connectivity index (χ0v) is 20.7. The second-order valence-electron chi connectivity index (χ2n) is 9.93. The zero-order valence-electron chi connectivity index (χ0n) is 20.7. The normalized spacial score (nSPS) is 30.1.